The number of carbonyl (C=O) groups is 1. The molecule has 0 radical (unpaired) electrons. The Morgan fingerprint density at radius 3 is 2.10 bits per heavy atom. The highest BCUT2D eigenvalue weighted by molar-refractivity contribution is 5.91. The van der Waals surface area contributed by atoms with E-state index < -0.39 is 24.2 Å². The minimum atomic E-state index is -4.06. The molecular weight excluding hydrogens is 507 g/mol. The number of hydrogen-bond donors (Lipinski definition) is 2. The van der Waals surface area contributed by atoms with Gasteiger partial charge in [0, 0.05) is 50.5 Å². The lowest BCUT2D eigenvalue weighted by Gasteiger charge is -2.35. The van der Waals surface area contributed by atoms with Gasteiger partial charge in [0.15, 0.2) is 0 Å². The number of unbranched alkanes of at least 4 members (excludes halogenated alkanes) is 13. The van der Waals surface area contributed by atoms with Gasteiger partial charge in [-0.25, -0.2) is 4.79 Å². The Kier molecular flexibility index (Phi) is 15.9. The Labute approximate surface area is 233 Å². The number of rotatable bonds is 23. The number of aliphatic carboxylic acids is 1. The molecule has 0 saturated carbocycles. The zero-order chi connectivity index (χ0) is 28.4. The number of nitrogens with one attached hydrogen (secondary N) is 1. The highest BCUT2D eigenvalue weighted by atomic mass is 19.4. The quantitative estimate of drug-likeness (QED) is 0.123. The van der Waals surface area contributed by atoms with Gasteiger partial charge in [-0.15, -0.1) is 0 Å². The van der Waals surface area contributed by atoms with Crippen LogP contribution in [-0.2, 0) is 14.3 Å². The Bertz CT molecular complexity index is 806. The molecule has 39 heavy (non-hydrogen) atoms. The zero-order valence-corrected chi connectivity index (χ0v) is 23.9. The molecule has 0 aromatic carbocycles. The number of carboxylic acids is 1. The van der Waals surface area contributed by atoms with E-state index in [0.29, 0.717) is 43.8 Å². The molecule has 8 heteroatoms. The summed E-state index contributed by atoms with van der Waals surface area (Å²) in [7, 11) is 0. The first-order valence-corrected chi connectivity index (χ1v) is 15.2. The molecule has 0 fully saturated rings. The molecule has 1 heterocycles. The normalized spacial score (nSPS) is 18.8. The number of hydrogen-bond acceptors (Lipinski definition) is 4. The lowest BCUT2D eigenvalue weighted by Crippen LogP contribution is -2.38. The van der Waals surface area contributed by atoms with Gasteiger partial charge >= 0.3 is 12.1 Å². The largest absolute Gasteiger partial charge is 0.478 e. The molecule has 5 nitrogen and oxygen atoms in total. The summed E-state index contributed by atoms with van der Waals surface area (Å²) in [5.74, 6) is -0.936. The van der Waals surface area contributed by atoms with Crippen LogP contribution in [0.4, 0.5) is 13.2 Å². The fourth-order valence-corrected chi connectivity index (χ4v) is 5.34. The average molecular weight is 558 g/mol. The number of alkyl halides is 3. The number of halogens is 3. The smallest absolute Gasteiger partial charge is 0.389 e. The van der Waals surface area contributed by atoms with E-state index in [9.17, 15) is 23.1 Å². The van der Waals surface area contributed by atoms with Crippen LogP contribution in [0.3, 0.4) is 0 Å². The lowest BCUT2D eigenvalue weighted by molar-refractivity contribution is -0.135. The maximum Gasteiger partial charge on any atom is 0.389 e. The topological polar surface area (TPSA) is 67.8 Å². The van der Waals surface area contributed by atoms with Crippen LogP contribution in [-0.4, -0.2) is 49.2 Å². The molecule has 1 aliphatic carbocycles. The van der Waals surface area contributed by atoms with Gasteiger partial charge in [0.05, 0.1) is 5.57 Å². The van der Waals surface area contributed by atoms with Crippen molar-refractivity contribution in [3.63, 3.8) is 0 Å². The third-order valence-electron chi connectivity index (χ3n) is 7.56. The molecular formula is C31H50F3NO4. The molecule has 1 atom stereocenters. The molecule has 2 rings (SSSR count). The second-order valence-corrected chi connectivity index (χ2v) is 10.9. The van der Waals surface area contributed by atoms with Crippen molar-refractivity contribution in [2.45, 2.75) is 128 Å². The maximum absolute atomic E-state index is 12.2. The van der Waals surface area contributed by atoms with E-state index in [2.05, 4.69) is 12.2 Å². The van der Waals surface area contributed by atoms with Crippen LogP contribution in [0.2, 0.25) is 0 Å². The molecule has 1 unspecified atom stereocenters. The van der Waals surface area contributed by atoms with Crippen LogP contribution in [0.15, 0.2) is 35.1 Å². The SMILES string of the molecule is CCCCCCCCCCOCCC1(OCCCCCCCCCC(F)(F)F)C=CC=C2NCC(C(=O)O)=C21. The van der Waals surface area contributed by atoms with Crippen LogP contribution in [0.5, 0.6) is 0 Å². The summed E-state index contributed by atoms with van der Waals surface area (Å²) in [4.78, 5) is 12.0. The predicted molar refractivity (Wildman–Crippen MR) is 150 cm³/mol. The third-order valence-corrected chi connectivity index (χ3v) is 7.56. The van der Waals surface area contributed by atoms with E-state index in [0.717, 1.165) is 44.2 Å². The van der Waals surface area contributed by atoms with Crippen molar-refractivity contribution in [1.29, 1.82) is 0 Å². The van der Waals surface area contributed by atoms with E-state index >= 15 is 0 Å². The van der Waals surface area contributed by atoms with Crippen LogP contribution < -0.4 is 5.32 Å². The van der Waals surface area contributed by atoms with Gasteiger partial charge in [0.1, 0.15) is 5.60 Å². The number of allylic oxidation sites excluding steroid dienone is 2. The fourth-order valence-electron chi connectivity index (χ4n) is 5.34. The highest BCUT2D eigenvalue weighted by Gasteiger charge is 2.42. The van der Waals surface area contributed by atoms with Gasteiger partial charge in [-0.3, -0.25) is 0 Å². The molecule has 2 aliphatic rings. The van der Waals surface area contributed by atoms with Gasteiger partial charge in [0.25, 0.3) is 0 Å². The highest BCUT2D eigenvalue weighted by Crippen LogP contribution is 2.40. The molecule has 2 N–H and O–H groups in total. The summed E-state index contributed by atoms with van der Waals surface area (Å²) in [5, 5.41) is 13.0. The third kappa shape index (κ3) is 12.9. The van der Waals surface area contributed by atoms with Gasteiger partial charge in [-0.1, -0.05) is 90.0 Å². The van der Waals surface area contributed by atoms with Gasteiger partial charge in [0.2, 0.25) is 0 Å². The van der Waals surface area contributed by atoms with E-state index in [-0.39, 0.29) is 13.0 Å². The molecule has 0 aromatic heterocycles. The van der Waals surface area contributed by atoms with Crippen molar-refractivity contribution in [1.82, 2.24) is 5.32 Å². The maximum atomic E-state index is 12.2. The first kappa shape index (κ1) is 33.4. The molecule has 0 amide bonds. The molecule has 0 spiro atoms. The monoisotopic (exact) mass is 557 g/mol. The van der Waals surface area contributed by atoms with Crippen molar-refractivity contribution in [3.05, 3.63) is 35.1 Å². The Morgan fingerprint density at radius 2 is 1.49 bits per heavy atom. The molecule has 0 aromatic rings. The number of fused-ring (bicyclic) bond motifs is 1. The van der Waals surface area contributed by atoms with Crippen molar-refractivity contribution in [2.75, 3.05) is 26.4 Å². The lowest BCUT2D eigenvalue weighted by atomic mass is 9.83. The van der Waals surface area contributed by atoms with Crippen molar-refractivity contribution >= 4 is 5.97 Å². The van der Waals surface area contributed by atoms with Gasteiger partial charge in [-0.2, -0.15) is 13.2 Å². The standard InChI is InChI=1S/C31H50F3NO4/c1-2-3-4-5-6-9-12-15-22-38-24-21-30(19-17-18-27-28(30)26(25-35-27)29(36)37)39-23-16-13-10-7-8-11-14-20-31(32,33)34/h17-19,35H,2-16,20-25H2,1H3,(H,36,37). The first-order valence-electron chi connectivity index (χ1n) is 15.2. The van der Waals surface area contributed by atoms with Crippen LogP contribution in [0.25, 0.3) is 0 Å². The zero-order valence-electron chi connectivity index (χ0n) is 23.9. The molecule has 224 valence electrons. The summed E-state index contributed by atoms with van der Waals surface area (Å²) in [6.45, 7) is 4.18. The second-order valence-electron chi connectivity index (χ2n) is 10.9. The summed E-state index contributed by atoms with van der Waals surface area (Å²) in [6.07, 6.45) is 16.8. The second kappa shape index (κ2) is 18.5. The van der Waals surface area contributed by atoms with E-state index in [1.54, 1.807) is 0 Å². The molecule has 1 aliphatic heterocycles. The van der Waals surface area contributed by atoms with Gasteiger partial charge < -0.3 is 19.9 Å². The Hall–Kier alpha value is -1.80. The summed E-state index contributed by atoms with van der Waals surface area (Å²) >= 11 is 0. The van der Waals surface area contributed by atoms with Crippen molar-refractivity contribution in [3.8, 4) is 0 Å². The van der Waals surface area contributed by atoms with Gasteiger partial charge in [-0.05, 0) is 31.4 Å². The molecule has 0 saturated heterocycles. The predicted octanol–water partition coefficient (Wildman–Crippen LogP) is 8.41. The summed E-state index contributed by atoms with van der Waals surface area (Å²) < 4.78 is 49.1. The first-order chi connectivity index (χ1) is 18.8. The minimum absolute atomic E-state index is 0.202. The van der Waals surface area contributed by atoms with Crippen LogP contribution in [0.1, 0.15) is 116 Å². The summed E-state index contributed by atoms with van der Waals surface area (Å²) in [5.41, 5.74) is 1.01. The van der Waals surface area contributed by atoms with Crippen molar-refractivity contribution < 1.29 is 32.5 Å². The summed E-state index contributed by atoms with van der Waals surface area (Å²) in [6, 6.07) is 0. The van der Waals surface area contributed by atoms with E-state index in [1.807, 2.05) is 18.2 Å². The van der Waals surface area contributed by atoms with Crippen molar-refractivity contribution in [2.24, 2.45) is 0 Å². The fraction of sp³-hybridized carbons (Fsp3) is 0.774. The average Bonchev–Trinajstić information content (AvgIpc) is 3.34. The minimum Gasteiger partial charge on any atom is -0.478 e. The van der Waals surface area contributed by atoms with E-state index in [1.165, 1.54) is 44.9 Å². The van der Waals surface area contributed by atoms with Crippen LogP contribution in [0, 0.1) is 0 Å². The Morgan fingerprint density at radius 1 is 0.897 bits per heavy atom. The Balaban J connectivity index is 1.76. The van der Waals surface area contributed by atoms with Crippen LogP contribution >= 0.6 is 0 Å². The molecule has 0 bridgehead atoms. The number of ether oxygens (including phenoxy) is 2. The van der Waals surface area contributed by atoms with E-state index in [4.69, 9.17) is 9.47 Å². The number of carboxylic acid groups (broad SMARTS) is 1.